The maximum atomic E-state index is 13.5. The van der Waals surface area contributed by atoms with Crippen LogP contribution in [0.3, 0.4) is 0 Å². The highest BCUT2D eigenvalue weighted by Gasteiger charge is 2.18. The Labute approximate surface area is 169 Å². The van der Waals surface area contributed by atoms with Crippen LogP contribution in [0.15, 0.2) is 66.8 Å². The third-order valence-electron chi connectivity index (χ3n) is 4.71. The molecule has 0 radical (unpaired) electrons. The monoisotopic (exact) mass is 393 g/mol. The number of hydrogen-bond acceptors (Lipinski definition) is 2. The van der Waals surface area contributed by atoms with E-state index in [-0.39, 0.29) is 18.3 Å². The second kappa shape index (κ2) is 8.88. The van der Waals surface area contributed by atoms with E-state index < -0.39 is 12.1 Å². The van der Waals surface area contributed by atoms with Gasteiger partial charge in [-0.3, -0.25) is 0 Å². The molecule has 0 saturated heterocycles. The van der Waals surface area contributed by atoms with Crippen LogP contribution in [0.2, 0.25) is 0 Å². The smallest absolute Gasteiger partial charge is 0.327 e. The summed E-state index contributed by atoms with van der Waals surface area (Å²) >= 11 is 0. The first-order chi connectivity index (χ1) is 13.9. The molecule has 0 aliphatic rings. The highest BCUT2D eigenvalue weighted by molar-refractivity contribution is 6.01. The van der Waals surface area contributed by atoms with E-state index in [2.05, 4.69) is 18.4 Å². The molecule has 1 unspecified atom stereocenters. The molecule has 2 aromatic carbocycles. The van der Waals surface area contributed by atoms with Gasteiger partial charge >= 0.3 is 5.97 Å². The van der Waals surface area contributed by atoms with Crippen LogP contribution in [0.4, 0.5) is 4.39 Å². The van der Waals surface area contributed by atoms with Gasteiger partial charge in [0.15, 0.2) is 0 Å². The Hall–Kier alpha value is -3.18. The van der Waals surface area contributed by atoms with Crippen LogP contribution in [0, 0.1) is 5.82 Å². The Morgan fingerprint density at radius 1 is 1.14 bits per heavy atom. The Bertz CT molecular complexity index is 1060. The van der Waals surface area contributed by atoms with Crippen molar-refractivity contribution in [1.82, 2.24) is 4.57 Å². The highest BCUT2D eigenvalue weighted by Crippen LogP contribution is 2.37. The predicted molar refractivity (Wildman–Crippen MR) is 114 cm³/mol. The summed E-state index contributed by atoms with van der Waals surface area (Å²) in [5, 5.41) is 20.0. The molecule has 5 heteroatoms. The highest BCUT2D eigenvalue weighted by atomic mass is 19.1. The van der Waals surface area contributed by atoms with Gasteiger partial charge in [-0.05, 0) is 50.1 Å². The number of fused-ring (bicyclic) bond motifs is 1. The number of para-hydroxylation sites is 1. The first kappa shape index (κ1) is 20.6. The lowest BCUT2D eigenvalue weighted by Crippen LogP contribution is -2.04. The van der Waals surface area contributed by atoms with E-state index in [0.717, 1.165) is 33.8 Å². The predicted octanol–water partition coefficient (Wildman–Crippen LogP) is 5.43. The number of aromatic nitrogens is 1. The van der Waals surface area contributed by atoms with Gasteiger partial charge in [0.05, 0.1) is 6.10 Å². The second-order valence-corrected chi connectivity index (χ2v) is 7.15. The van der Waals surface area contributed by atoms with Crippen LogP contribution in [0.5, 0.6) is 0 Å². The summed E-state index contributed by atoms with van der Waals surface area (Å²) in [4.78, 5) is 10.6. The van der Waals surface area contributed by atoms with Crippen molar-refractivity contribution >= 4 is 22.9 Å². The number of aliphatic hydroxyl groups is 1. The standard InChI is InChI=1S/C24H24FNO3/c1-16(2)26-21-8-4-3-7-20(21)24(17-10-12-18(25)13-11-17)22(26)15-14-19(27)6-5-9-23(28)29/h3-5,7-16,19,27H,6H2,1-2H3,(H,28,29). The molecule has 29 heavy (non-hydrogen) atoms. The number of hydrogen-bond donors (Lipinski definition) is 2. The molecule has 3 rings (SSSR count). The van der Waals surface area contributed by atoms with Crippen LogP contribution in [0.25, 0.3) is 28.1 Å². The van der Waals surface area contributed by atoms with Crippen LogP contribution >= 0.6 is 0 Å². The maximum Gasteiger partial charge on any atom is 0.327 e. The zero-order chi connectivity index (χ0) is 21.0. The first-order valence-electron chi connectivity index (χ1n) is 9.53. The Morgan fingerprint density at radius 2 is 1.83 bits per heavy atom. The zero-order valence-electron chi connectivity index (χ0n) is 16.4. The van der Waals surface area contributed by atoms with Crippen molar-refractivity contribution in [2.45, 2.75) is 32.4 Å². The quantitative estimate of drug-likeness (QED) is 0.526. The first-order valence-corrected chi connectivity index (χ1v) is 9.53. The molecule has 4 nitrogen and oxygen atoms in total. The molecule has 1 aromatic heterocycles. The molecule has 0 aliphatic carbocycles. The number of aliphatic carboxylic acids is 1. The zero-order valence-corrected chi connectivity index (χ0v) is 16.4. The van der Waals surface area contributed by atoms with Crippen molar-refractivity contribution in [3.05, 3.63) is 78.3 Å². The van der Waals surface area contributed by atoms with E-state index in [1.165, 1.54) is 18.2 Å². The number of carboxylic acid groups (broad SMARTS) is 1. The molecule has 2 N–H and O–H groups in total. The summed E-state index contributed by atoms with van der Waals surface area (Å²) in [6.07, 6.45) is 5.36. The van der Waals surface area contributed by atoms with Gasteiger partial charge in [-0.25, -0.2) is 9.18 Å². The number of carboxylic acids is 1. The van der Waals surface area contributed by atoms with Gasteiger partial charge in [0.2, 0.25) is 0 Å². The minimum atomic E-state index is -1.04. The summed E-state index contributed by atoms with van der Waals surface area (Å²) in [5.74, 6) is -1.33. The molecule has 0 aliphatic heterocycles. The fourth-order valence-corrected chi connectivity index (χ4v) is 3.51. The van der Waals surface area contributed by atoms with Crippen molar-refractivity contribution in [1.29, 1.82) is 0 Å². The Kier molecular flexibility index (Phi) is 6.29. The van der Waals surface area contributed by atoms with Crippen molar-refractivity contribution < 1.29 is 19.4 Å². The average Bonchev–Trinajstić information content (AvgIpc) is 3.01. The van der Waals surface area contributed by atoms with Gasteiger partial charge in [0.25, 0.3) is 0 Å². The second-order valence-electron chi connectivity index (χ2n) is 7.15. The Balaban J connectivity index is 2.12. The third-order valence-corrected chi connectivity index (χ3v) is 4.71. The van der Waals surface area contributed by atoms with Gasteiger partial charge in [0.1, 0.15) is 5.82 Å². The van der Waals surface area contributed by atoms with E-state index in [1.54, 1.807) is 18.2 Å². The molecule has 3 aromatic rings. The summed E-state index contributed by atoms with van der Waals surface area (Å²) in [5.41, 5.74) is 3.83. The number of halogens is 1. The fourth-order valence-electron chi connectivity index (χ4n) is 3.51. The Morgan fingerprint density at radius 3 is 2.48 bits per heavy atom. The topological polar surface area (TPSA) is 62.5 Å². The van der Waals surface area contributed by atoms with Gasteiger partial charge < -0.3 is 14.8 Å². The number of aliphatic hydroxyl groups excluding tert-OH is 1. The van der Waals surface area contributed by atoms with Crippen molar-refractivity contribution in [2.75, 3.05) is 0 Å². The lowest BCUT2D eigenvalue weighted by molar-refractivity contribution is -0.131. The molecule has 0 bridgehead atoms. The summed E-state index contributed by atoms with van der Waals surface area (Å²) in [6.45, 7) is 4.18. The van der Waals surface area contributed by atoms with Crippen LogP contribution in [-0.2, 0) is 4.79 Å². The van der Waals surface area contributed by atoms with Crippen LogP contribution in [-0.4, -0.2) is 26.9 Å². The van der Waals surface area contributed by atoms with Gasteiger partial charge in [-0.1, -0.05) is 42.5 Å². The van der Waals surface area contributed by atoms with E-state index in [9.17, 15) is 14.3 Å². The summed E-state index contributed by atoms with van der Waals surface area (Å²) < 4.78 is 15.7. The molecule has 150 valence electrons. The average molecular weight is 393 g/mol. The van der Waals surface area contributed by atoms with Crippen LogP contribution in [0.1, 0.15) is 32.0 Å². The maximum absolute atomic E-state index is 13.5. The largest absolute Gasteiger partial charge is 0.478 e. The van der Waals surface area contributed by atoms with Gasteiger partial charge in [0, 0.05) is 34.3 Å². The number of benzene rings is 2. The van der Waals surface area contributed by atoms with Crippen molar-refractivity contribution in [3.63, 3.8) is 0 Å². The SMILES string of the molecule is CC(C)n1c(C=CC(O)CC=CC(=O)O)c(-c2ccc(F)cc2)c2ccccc21. The number of nitrogens with zero attached hydrogens (tertiary/aromatic N) is 1. The van der Waals surface area contributed by atoms with E-state index >= 15 is 0 Å². The fraction of sp³-hybridized carbons (Fsp3) is 0.208. The third kappa shape index (κ3) is 4.63. The molecule has 0 spiro atoms. The van der Waals surface area contributed by atoms with E-state index in [4.69, 9.17) is 5.11 Å². The molecule has 0 fully saturated rings. The number of rotatable bonds is 7. The molecular weight excluding hydrogens is 369 g/mol. The molecule has 1 heterocycles. The molecule has 1 atom stereocenters. The summed E-state index contributed by atoms with van der Waals surface area (Å²) in [7, 11) is 0. The van der Waals surface area contributed by atoms with Gasteiger partial charge in [-0.2, -0.15) is 0 Å². The lowest BCUT2D eigenvalue weighted by Gasteiger charge is -2.14. The van der Waals surface area contributed by atoms with Gasteiger partial charge in [-0.15, -0.1) is 0 Å². The van der Waals surface area contributed by atoms with Crippen molar-refractivity contribution in [3.8, 4) is 11.1 Å². The number of carbonyl (C=O) groups is 1. The lowest BCUT2D eigenvalue weighted by atomic mass is 10.0. The normalized spacial score (nSPS) is 13.1. The van der Waals surface area contributed by atoms with E-state index in [1.807, 2.05) is 30.3 Å². The van der Waals surface area contributed by atoms with Crippen LogP contribution < -0.4 is 0 Å². The minimum Gasteiger partial charge on any atom is -0.478 e. The molecule has 0 amide bonds. The summed E-state index contributed by atoms with van der Waals surface area (Å²) in [6, 6.07) is 14.6. The van der Waals surface area contributed by atoms with Crippen molar-refractivity contribution in [2.24, 2.45) is 0 Å². The minimum absolute atomic E-state index is 0.165. The molecular formula is C24H24FNO3. The van der Waals surface area contributed by atoms with E-state index in [0.29, 0.717) is 0 Å². The molecule has 0 saturated carbocycles.